The first kappa shape index (κ1) is 15.6. The lowest BCUT2D eigenvalue weighted by Crippen LogP contribution is -2.37. The molecule has 7 heteroatoms. The smallest absolute Gasteiger partial charge is 0.330 e. The predicted octanol–water partition coefficient (Wildman–Crippen LogP) is 2.91. The second-order valence-corrected chi connectivity index (χ2v) is 5.35. The van der Waals surface area contributed by atoms with Crippen molar-refractivity contribution in [3.05, 3.63) is 29.8 Å². The lowest BCUT2D eigenvalue weighted by atomic mass is 10.1. The highest BCUT2D eigenvalue weighted by atomic mass is 19.4. The fourth-order valence-corrected chi connectivity index (χ4v) is 2.56. The summed E-state index contributed by atoms with van der Waals surface area (Å²) in [5, 5.41) is 2.52. The van der Waals surface area contributed by atoms with E-state index < -0.39 is 17.8 Å². The Hall–Kier alpha value is -1.76. The van der Waals surface area contributed by atoms with Crippen molar-refractivity contribution in [3.63, 3.8) is 0 Å². The van der Waals surface area contributed by atoms with Crippen LogP contribution in [0, 0.1) is 5.92 Å². The number of likely N-dealkylation sites (tertiary alicyclic amines) is 1. The number of halogens is 3. The molecule has 1 aromatic rings. The third-order valence-corrected chi connectivity index (χ3v) is 3.70. The Kier molecular flexibility index (Phi) is 4.41. The van der Waals surface area contributed by atoms with Crippen LogP contribution in [0.4, 0.5) is 23.7 Å². The van der Waals surface area contributed by atoms with Crippen molar-refractivity contribution >= 4 is 11.7 Å². The second-order valence-electron chi connectivity index (χ2n) is 5.35. The molecule has 116 valence electrons. The molecule has 1 aliphatic rings. The normalized spacial score (nSPS) is 22.4. The fourth-order valence-electron chi connectivity index (χ4n) is 2.56. The van der Waals surface area contributed by atoms with Crippen LogP contribution < -0.4 is 11.1 Å². The highest BCUT2D eigenvalue weighted by Gasteiger charge is 2.33. The number of nitrogens with two attached hydrogens (primary N) is 1. The minimum atomic E-state index is -4.42. The van der Waals surface area contributed by atoms with Gasteiger partial charge in [0.1, 0.15) is 0 Å². The van der Waals surface area contributed by atoms with Gasteiger partial charge in [0, 0.05) is 18.3 Å². The monoisotopic (exact) mass is 301 g/mol. The Morgan fingerprint density at radius 2 is 2.19 bits per heavy atom. The summed E-state index contributed by atoms with van der Waals surface area (Å²) >= 11 is 0. The topological polar surface area (TPSA) is 58.4 Å². The number of rotatable bonds is 2. The predicted molar refractivity (Wildman–Crippen MR) is 73.8 cm³/mol. The van der Waals surface area contributed by atoms with E-state index in [4.69, 9.17) is 5.73 Å². The molecular formula is C14H18F3N3O. The van der Waals surface area contributed by atoms with Gasteiger partial charge in [-0.3, -0.25) is 0 Å². The van der Waals surface area contributed by atoms with E-state index in [9.17, 15) is 18.0 Å². The zero-order chi connectivity index (χ0) is 15.6. The van der Waals surface area contributed by atoms with Gasteiger partial charge in [-0.25, -0.2) is 4.79 Å². The summed E-state index contributed by atoms with van der Waals surface area (Å²) in [6, 6.07) is 4.25. The van der Waals surface area contributed by atoms with Gasteiger partial charge < -0.3 is 16.0 Å². The summed E-state index contributed by atoms with van der Waals surface area (Å²) in [6.45, 7) is 2.93. The van der Waals surface area contributed by atoms with Gasteiger partial charge in [-0.05, 0) is 44.0 Å². The quantitative estimate of drug-likeness (QED) is 0.882. The van der Waals surface area contributed by atoms with Gasteiger partial charge >= 0.3 is 12.2 Å². The maximum atomic E-state index is 12.6. The summed E-state index contributed by atoms with van der Waals surface area (Å²) in [5.74, 6) is 0.243. The summed E-state index contributed by atoms with van der Waals surface area (Å²) in [5.41, 5.74) is 4.95. The fraction of sp³-hybridized carbons (Fsp3) is 0.500. The number of hydrogen-bond acceptors (Lipinski definition) is 2. The van der Waals surface area contributed by atoms with Crippen molar-refractivity contribution in [1.82, 2.24) is 4.90 Å². The molecule has 0 radical (unpaired) electrons. The summed E-state index contributed by atoms with van der Waals surface area (Å²) in [7, 11) is 0. The van der Waals surface area contributed by atoms with Gasteiger partial charge in [0.05, 0.1) is 5.56 Å². The summed E-state index contributed by atoms with van der Waals surface area (Å²) in [4.78, 5) is 13.7. The molecule has 4 nitrogen and oxygen atoms in total. The first-order valence-electron chi connectivity index (χ1n) is 6.76. The standard InChI is InChI=1S/C14H18F3N3O/c1-9-5-10(7-18)8-20(9)13(21)19-12-4-2-3-11(6-12)14(15,16)17/h2-4,6,9-10H,5,7-8,18H2,1H3,(H,19,21). The molecule has 1 heterocycles. The van der Waals surface area contributed by atoms with Gasteiger partial charge in [0.15, 0.2) is 0 Å². The van der Waals surface area contributed by atoms with Crippen molar-refractivity contribution in [2.24, 2.45) is 11.7 Å². The van der Waals surface area contributed by atoms with Crippen LogP contribution in [-0.2, 0) is 6.18 Å². The molecule has 0 spiro atoms. The number of benzene rings is 1. The average Bonchev–Trinajstić information content (AvgIpc) is 2.79. The third-order valence-electron chi connectivity index (χ3n) is 3.70. The molecule has 1 saturated heterocycles. The van der Waals surface area contributed by atoms with Crippen LogP contribution in [0.2, 0.25) is 0 Å². The van der Waals surface area contributed by atoms with Crippen molar-refractivity contribution in [2.75, 3.05) is 18.4 Å². The molecule has 0 saturated carbocycles. The van der Waals surface area contributed by atoms with Crippen LogP contribution in [0.25, 0.3) is 0 Å². The molecule has 3 N–H and O–H groups in total. The number of hydrogen-bond donors (Lipinski definition) is 2. The van der Waals surface area contributed by atoms with Crippen molar-refractivity contribution in [2.45, 2.75) is 25.6 Å². The number of amides is 2. The Labute approximate surface area is 121 Å². The second kappa shape index (κ2) is 5.93. The third kappa shape index (κ3) is 3.66. The molecule has 0 aliphatic carbocycles. The Morgan fingerprint density at radius 3 is 2.76 bits per heavy atom. The molecule has 0 bridgehead atoms. The molecule has 2 atom stereocenters. The minimum absolute atomic E-state index is 0.0318. The first-order valence-corrected chi connectivity index (χ1v) is 6.76. The van der Waals surface area contributed by atoms with Gasteiger partial charge in [0.25, 0.3) is 0 Å². The van der Waals surface area contributed by atoms with Gasteiger partial charge in [-0.1, -0.05) is 6.07 Å². The maximum absolute atomic E-state index is 12.6. The van der Waals surface area contributed by atoms with E-state index in [0.717, 1.165) is 18.6 Å². The molecule has 1 aliphatic heterocycles. The number of nitrogens with zero attached hydrogens (tertiary/aromatic N) is 1. The summed E-state index contributed by atoms with van der Waals surface area (Å²) < 4.78 is 37.9. The molecule has 2 amide bonds. The van der Waals surface area contributed by atoms with E-state index in [1.165, 1.54) is 12.1 Å². The van der Waals surface area contributed by atoms with Gasteiger partial charge in [0.2, 0.25) is 0 Å². The van der Waals surface area contributed by atoms with E-state index in [1.54, 1.807) is 4.90 Å². The highest BCUT2D eigenvalue weighted by molar-refractivity contribution is 5.89. The molecule has 2 unspecified atom stereocenters. The van der Waals surface area contributed by atoms with Crippen LogP contribution in [0.3, 0.4) is 0 Å². The Bertz CT molecular complexity index is 518. The molecule has 21 heavy (non-hydrogen) atoms. The van der Waals surface area contributed by atoms with E-state index in [2.05, 4.69) is 5.32 Å². The lowest BCUT2D eigenvalue weighted by molar-refractivity contribution is -0.137. The van der Waals surface area contributed by atoms with E-state index >= 15 is 0 Å². The van der Waals surface area contributed by atoms with Crippen LogP contribution in [0.15, 0.2) is 24.3 Å². The van der Waals surface area contributed by atoms with Crippen LogP contribution in [0.1, 0.15) is 18.9 Å². The van der Waals surface area contributed by atoms with Gasteiger partial charge in [-0.15, -0.1) is 0 Å². The minimum Gasteiger partial charge on any atom is -0.330 e. The number of alkyl halides is 3. The molecule has 1 aromatic carbocycles. The largest absolute Gasteiger partial charge is 0.416 e. The van der Waals surface area contributed by atoms with Crippen molar-refractivity contribution in [3.8, 4) is 0 Å². The Morgan fingerprint density at radius 1 is 1.48 bits per heavy atom. The maximum Gasteiger partial charge on any atom is 0.416 e. The van der Waals surface area contributed by atoms with E-state index in [-0.39, 0.29) is 17.6 Å². The zero-order valence-corrected chi connectivity index (χ0v) is 11.7. The first-order chi connectivity index (χ1) is 9.81. The Balaban J connectivity index is 2.07. The van der Waals surface area contributed by atoms with Crippen LogP contribution in [0.5, 0.6) is 0 Å². The number of carbonyl (C=O) groups excluding carboxylic acids is 1. The van der Waals surface area contributed by atoms with E-state index in [1.807, 2.05) is 6.92 Å². The SMILES string of the molecule is CC1CC(CN)CN1C(=O)Nc1cccc(C(F)(F)F)c1. The zero-order valence-electron chi connectivity index (χ0n) is 11.7. The molecule has 1 fully saturated rings. The number of carbonyl (C=O) groups is 1. The van der Waals surface area contributed by atoms with Crippen LogP contribution >= 0.6 is 0 Å². The highest BCUT2D eigenvalue weighted by Crippen LogP contribution is 2.31. The molecular weight excluding hydrogens is 283 g/mol. The van der Waals surface area contributed by atoms with Crippen LogP contribution in [-0.4, -0.2) is 30.1 Å². The lowest BCUT2D eigenvalue weighted by Gasteiger charge is -2.22. The van der Waals surface area contributed by atoms with Crippen molar-refractivity contribution < 1.29 is 18.0 Å². The number of nitrogens with one attached hydrogen (secondary N) is 1. The number of anilines is 1. The van der Waals surface area contributed by atoms with Crippen molar-refractivity contribution in [1.29, 1.82) is 0 Å². The summed E-state index contributed by atoms with van der Waals surface area (Å²) in [6.07, 6.45) is -3.61. The number of urea groups is 1. The molecule has 0 aromatic heterocycles. The van der Waals surface area contributed by atoms with Gasteiger partial charge in [-0.2, -0.15) is 13.2 Å². The van der Waals surface area contributed by atoms with E-state index in [0.29, 0.717) is 13.1 Å². The average molecular weight is 301 g/mol. The molecule has 2 rings (SSSR count).